The largest absolute Gasteiger partial charge is 0.507 e. The Bertz CT molecular complexity index is 1300. The van der Waals surface area contributed by atoms with E-state index in [1.54, 1.807) is 49.1 Å². The lowest BCUT2D eigenvalue weighted by Crippen LogP contribution is -1.90. The Hall–Kier alpha value is -3.24. The molecular weight excluding hydrogens is 640 g/mol. The Balaban J connectivity index is 0.000000204. The van der Waals surface area contributed by atoms with Crippen LogP contribution < -0.4 is 4.74 Å². The van der Waals surface area contributed by atoms with Gasteiger partial charge in [-0.25, -0.2) is 13.1 Å². The molecule has 0 amide bonds. The summed E-state index contributed by atoms with van der Waals surface area (Å²) in [5.74, 6) is 1.55. The zero-order chi connectivity index (χ0) is 25.5. The number of aromatic hydroxyl groups is 1. The number of halogens is 3. The zero-order valence-electron chi connectivity index (χ0n) is 18.3. The van der Waals surface area contributed by atoms with Crippen LogP contribution in [0.5, 0.6) is 17.2 Å². The maximum absolute atomic E-state index is 9.10. The third-order valence-corrected chi connectivity index (χ3v) is 5.34. The number of para-hydroxylation sites is 2. The summed E-state index contributed by atoms with van der Waals surface area (Å²) in [6.45, 7) is 14.0. The second-order valence-corrected chi connectivity index (χ2v) is 9.38. The van der Waals surface area contributed by atoms with E-state index in [4.69, 9.17) is 23.0 Å². The van der Waals surface area contributed by atoms with Gasteiger partial charge in [-0.05, 0) is 84.2 Å². The molecule has 0 radical (unpaired) electrons. The molecule has 2 aromatic heterocycles. The van der Waals surface area contributed by atoms with Crippen molar-refractivity contribution in [1.82, 2.24) is 9.97 Å². The molecule has 0 unspecified atom stereocenters. The normalized spacial score (nSPS) is 9.29. The van der Waals surface area contributed by atoms with Crippen LogP contribution in [0.4, 0.5) is 0 Å². The van der Waals surface area contributed by atoms with Gasteiger partial charge in [-0.2, -0.15) is 0 Å². The van der Waals surface area contributed by atoms with Crippen molar-refractivity contribution in [2.45, 2.75) is 13.1 Å². The SMILES string of the molecule is Brc1cncc(Br)c1.[C-]#[N+]Cc1ccccc1O.[C-]#[N+]Cc1ccccc1Oc1cncc(Br)c1. The van der Waals surface area contributed by atoms with Crippen LogP contribution in [0.15, 0.2) is 98.9 Å². The summed E-state index contributed by atoms with van der Waals surface area (Å²) in [4.78, 5) is 14.4. The molecule has 0 saturated carbocycles. The van der Waals surface area contributed by atoms with Gasteiger partial charge in [0.1, 0.15) is 17.2 Å². The Morgan fingerprint density at radius 2 is 1.23 bits per heavy atom. The molecule has 176 valence electrons. The lowest BCUT2D eigenvalue weighted by molar-refractivity contribution is 0.469. The predicted octanol–water partition coefficient (Wildman–Crippen LogP) is 8.47. The highest BCUT2D eigenvalue weighted by atomic mass is 79.9. The summed E-state index contributed by atoms with van der Waals surface area (Å²) in [5.41, 5.74) is 1.57. The molecular formula is C26H19Br3N4O2. The van der Waals surface area contributed by atoms with Crippen molar-refractivity contribution in [1.29, 1.82) is 0 Å². The van der Waals surface area contributed by atoms with E-state index in [0.717, 1.165) is 19.0 Å². The molecule has 0 bridgehead atoms. The minimum Gasteiger partial charge on any atom is -0.507 e. The summed E-state index contributed by atoms with van der Waals surface area (Å²) in [6, 6.07) is 18.2. The van der Waals surface area contributed by atoms with Gasteiger partial charge in [0.25, 0.3) is 0 Å². The molecule has 4 rings (SSSR count). The Morgan fingerprint density at radius 3 is 1.77 bits per heavy atom. The van der Waals surface area contributed by atoms with Crippen LogP contribution in [0, 0.1) is 13.1 Å². The minimum atomic E-state index is 0.207. The fourth-order valence-corrected chi connectivity index (χ4v) is 3.89. The molecule has 9 heteroatoms. The Kier molecular flexibility index (Phi) is 12.5. The van der Waals surface area contributed by atoms with Gasteiger partial charge in [0.05, 0.1) is 17.3 Å². The van der Waals surface area contributed by atoms with Crippen molar-refractivity contribution in [3.8, 4) is 17.2 Å². The summed E-state index contributed by atoms with van der Waals surface area (Å²) >= 11 is 9.87. The van der Waals surface area contributed by atoms with E-state index in [-0.39, 0.29) is 12.3 Å². The van der Waals surface area contributed by atoms with Crippen molar-refractivity contribution in [3.63, 3.8) is 0 Å². The van der Waals surface area contributed by atoms with E-state index >= 15 is 0 Å². The third-order valence-electron chi connectivity index (χ3n) is 4.04. The average Bonchev–Trinajstić information content (AvgIpc) is 2.83. The van der Waals surface area contributed by atoms with E-state index in [9.17, 15) is 0 Å². The molecule has 35 heavy (non-hydrogen) atoms. The molecule has 0 fully saturated rings. The zero-order valence-corrected chi connectivity index (χ0v) is 23.0. The van der Waals surface area contributed by atoms with Crippen molar-refractivity contribution >= 4 is 47.8 Å². The summed E-state index contributed by atoms with van der Waals surface area (Å²) < 4.78 is 8.55. The van der Waals surface area contributed by atoms with E-state index in [1.165, 1.54) is 0 Å². The first-order valence-corrected chi connectivity index (χ1v) is 12.4. The quantitative estimate of drug-likeness (QED) is 0.224. The second-order valence-electron chi connectivity index (χ2n) is 6.63. The van der Waals surface area contributed by atoms with Crippen molar-refractivity contribution in [3.05, 3.63) is 133 Å². The van der Waals surface area contributed by atoms with Crippen LogP contribution in [0.25, 0.3) is 9.69 Å². The van der Waals surface area contributed by atoms with Gasteiger partial charge in [-0.3, -0.25) is 9.97 Å². The molecule has 4 aromatic rings. The van der Waals surface area contributed by atoms with Gasteiger partial charge in [-0.1, -0.05) is 24.3 Å². The standard InChI is InChI=1S/C13H9BrN2O.C8H7NO.C5H3Br2N/c1-15-7-10-4-2-3-5-13(10)17-12-6-11(14)8-16-9-12;1-9-6-7-4-2-3-5-8(7)10;6-4-1-5(7)3-8-2-4/h2-6,8-9H,7H2;2-5,10H,6H2;1-3H. The molecule has 2 aromatic carbocycles. The fraction of sp³-hybridized carbons (Fsp3) is 0.0769. The topological polar surface area (TPSA) is 64.0 Å². The Morgan fingerprint density at radius 1 is 0.714 bits per heavy atom. The molecule has 0 aliphatic rings. The van der Waals surface area contributed by atoms with Crippen molar-refractivity contribution in [2.75, 3.05) is 0 Å². The number of hydrogen-bond acceptors (Lipinski definition) is 4. The van der Waals surface area contributed by atoms with Crippen LogP contribution in [-0.4, -0.2) is 15.1 Å². The second kappa shape index (κ2) is 15.6. The van der Waals surface area contributed by atoms with Gasteiger partial charge >= 0.3 is 0 Å². The highest BCUT2D eigenvalue weighted by molar-refractivity contribution is 9.11. The van der Waals surface area contributed by atoms with Gasteiger partial charge in [-0.15, -0.1) is 0 Å². The molecule has 0 spiro atoms. The lowest BCUT2D eigenvalue weighted by Gasteiger charge is -2.07. The van der Waals surface area contributed by atoms with E-state index in [2.05, 4.69) is 67.4 Å². The number of phenols is 1. The van der Waals surface area contributed by atoms with Crippen molar-refractivity contribution in [2.24, 2.45) is 0 Å². The summed E-state index contributed by atoms with van der Waals surface area (Å²) in [5, 5.41) is 9.10. The van der Waals surface area contributed by atoms with Gasteiger partial charge in [0.2, 0.25) is 13.1 Å². The fourth-order valence-electron chi connectivity index (χ4n) is 2.51. The molecule has 2 heterocycles. The molecule has 1 N–H and O–H groups in total. The molecule has 0 saturated heterocycles. The van der Waals surface area contributed by atoms with E-state index < -0.39 is 0 Å². The van der Waals surface area contributed by atoms with Crippen LogP contribution in [0.2, 0.25) is 0 Å². The molecule has 0 aliphatic heterocycles. The third kappa shape index (κ3) is 10.7. The van der Waals surface area contributed by atoms with E-state index in [1.807, 2.05) is 36.4 Å². The number of hydrogen-bond donors (Lipinski definition) is 1. The average molecular weight is 659 g/mol. The molecule has 6 nitrogen and oxygen atoms in total. The van der Waals surface area contributed by atoms with Crippen molar-refractivity contribution < 1.29 is 9.84 Å². The number of ether oxygens (including phenoxy) is 1. The number of nitrogens with zero attached hydrogens (tertiary/aromatic N) is 4. The first-order chi connectivity index (χ1) is 16.9. The number of phenolic OH excluding ortho intramolecular Hbond substituents is 1. The molecule has 0 atom stereocenters. The summed E-state index contributed by atoms with van der Waals surface area (Å²) in [7, 11) is 0. The maximum Gasteiger partial charge on any atom is 0.243 e. The van der Waals surface area contributed by atoms with Gasteiger partial charge < -0.3 is 19.5 Å². The lowest BCUT2D eigenvalue weighted by atomic mass is 10.2. The monoisotopic (exact) mass is 656 g/mol. The Labute approximate surface area is 229 Å². The van der Waals surface area contributed by atoms with Crippen LogP contribution in [0.3, 0.4) is 0 Å². The predicted molar refractivity (Wildman–Crippen MR) is 147 cm³/mol. The molecule has 0 aliphatic carbocycles. The number of pyridine rings is 2. The number of aromatic nitrogens is 2. The van der Waals surface area contributed by atoms with Crippen LogP contribution >= 0.6 is 47.8 Å². The smallest absolute Gasteiger partial charge is 0.243 e. The maximum atomic E-state index is 9.10. The van der Waals surface area contributed by atoms with Crippen LogP contribution in [-0.2, 0) is 13.1 Å². The number of rotatable bonds is 4. The first-order valence-electron chi connectivity index (χ1n) is 9.98. The van der Waals surface area contributed by atoms with Gasteiger partial charge in [0.15, 0.2) is 0 Å². The minimum absolute atomic E-state index is 0.207. The van der Waals surface area contributed by atoms with Crippen LogP contribution in [0.1, 0.15) is 11.1 Å². The van der Waals surface area contributed by atoms with Gasteiger partial charge in [0, 0.05) is 32.0 Å². The van der Waals surface area contributed by atoms with E-state index in [0.29, 0.717) is 23.6 Å². The first kappa shape index (κ1) is 28.0. The highest BCUT2D eigenvalue weighted by Crippen LogP contribution is 2.27. The number of benzene rings is 2. The summed E-state index contributed by atoms with van der Waals surface area (Å²) in [6.07, 6.45) is 6.81. The highest BCUT2D eigenvalue weighted by Gasteiger charge is 2.06.